The summed E-state index contributed by atoms with van der Waals surface area (Å²) in [4.78, 5) is 20.4. The summed E-state index contributed by atoms with van der Waals surface area (Å²) in [7, 11) is 0. The second kappa shape index (κ2) is 5.72. The number of fused-ring (bicyclic) bond motifs is 1. The molecule has 2 N–H and O–H groups in total. The molecule has 2 aromatic heterocycles. The van der Waals surface area contributed by atoms with Gasteiger partial charge < -0.3 is 10.4 Å². The van der Waals surface area contributed by atoms with Gasteiger partial charge in [-0.15, -0.1) is 0 Å². The van der Waals surface area contributed by atoms with E-state index in [4.69, 9.17) is 0 Å². The van der Waals surface area contributed by atoms with Crippen molar-refractivity contribution in [3.63, 3.8) is 0 Å². The number of hydrogen-bond donors (Lipinski definition) is 2. The topological polar surface area (TPSA) is 75.1 Å². The Morgan fingerprint density at radius 3 is 3.00 bits per heavy atom. The zero-order valence-corrected chi connectivity index (χ0v) is 13.1. The van der Waals surface area contributed by atoms with Crippen molar-refractivity contribution in [1.82, 2.24) is 9.97 Å². The molecule has 116 valence electrons. The number of aromatic nitrogens is 2. The van der Waals surface area contributed by atoms with Crippen LogP contribution in [0, 0.1) is 5.92 Å². The Balaban J connectivity index is 1.68. The molecule has 1 aliphatic rings. The predicted octanol–water partition coefficient (Wildman–Crippen LogP) is 3.20. The second-order valence-electron chi connectivity index (χ2n) is 5.66. The number of aliphatic hydroxyl groups is 1. The standard InChI is InChI=1S/C17H15N3O2S/c21-9-12-5-6-18-8-13(12)11-3-4-14-15(7-11)23-17(19-14)20-16(22)10-1-2-10/h3-8,10,21H,1-2,9H2,(H,19,20,22). The molecule has 4 rings (SSSR count). The van der Waals surface area contributed by atoms with E-state index < -0.39 is 0 Å². The third-order valence-corrected chi connectivity index (χ3v) is 4.89. The first kappa shape index (κ1) is 14.3. The number of thiazole rings is 1. The number of amides is 1. The Morgan fingerprint density at radius 2 is 2.22 bits per heavy atom. The minimum Gasteiger partial charge on any atom is -0.392 e. The van der Waals surface area contributed by atoms with Crippen LogP contribution in [0.4, 0.5) is 5.13 Å². The van der Waals surface area contributed by atoms with Crippen molar-refractivity contribution >= 4 is 32.6 Å². The second-order valence-corrected chi connectivity index (χ2v) is 6.69. The molecule has 1 aliphatic carbocycles. The molecular weight excluding hydrogens is 310 g/mol. The first-order valence-corrected chi connectivity index (χ1v) is 8.32. The highest BCUT2D eigenvalue weighted by Gasteiger charge is 2.30. The minimum absolute atomic E-state index is 0.0265. The zero-order chi connectivity index (χ0) is 15.8. The van der Waals surface area contributed by atoms with E-state index in [9.17, 15) is 9.90 Å². The van der Waals surface area contributed by atoms with Crippen LogP contribution in [0.3, 0.4) is 0 Å². The molecule has 5 nitrogen and oxygen atoms in total. The molecule has 0 aliphatic heterocycles. The maximum Gasteiger partial charge on any atom is 0.229 e. The van der Waals surface area contributed by atoms with Gasteiger partial charge >= 0.3 is 0 Å². The molecule has 1 amide bonds. The van der Waals surface area contributed by atoms with Gasteiger partial charge in [-0.2, -0.15) is 0 Å². The van der Waals surface area contributed by atoms with Gasteiger partial charge in [0.05, 0.1) is 16.8 Å². The van der Waals surface area contributed by atoms with Crippen molar-refractivity contribution in [1.29, 1.82) is 0 Å². The van der Waals surface area contributed by atoms with E-state index in [2.05, 4.69) is 15.3 Å². The summed E-state index contributed by atoms with van der Waals surface area (Å²) in [5, 5.41) is 13.0. The quantitative estimate of drug-likeness (QED) is 0.772. The number of carbonyl (C=O) groups is 1. The Morgan fingerprint density at radius 1 is 1.35 bits per heavy atom. The number of nitrogens with one attached hydrogen (secondary N) is 1. The smallest absolute Gasteiger partial charge is 0.229 e. The van der Waals surface area contributed by atoms with E-state index in [1.165, 1.54) is 11.3 Å². The number of anilines is 1. The normalized spacial score (nSPS) is 14.1. The number of pyridine rings is 1. The highest BCUT2D eigenvalue weighted by Crippen LogP contribution is 2.34. The van der Waals surface area contributed by atoms with Crippen LogP contribution in [0.1, 0.15) is 18.4 Å². The lowest BCUT2D eigenvalue weighted by molar-refractivity contribution is -0.117. The molecule has 23 heavy (non-hydrogen) atoms. The van der Waals surface area contributed by atoms with Crippen molar-refractivity contribution in [2.45, 2.75) is 19.4 Å². The van der Waals surface area contributed by atoms with Crippen molar-refractivity contribution in [3.05, 3.63) is 42.2 Å². The number of nitrogens with zero attached hydrogens (tertiary/aromatic N) is 2. The number of hydrogen-bond acceptors (Lipinski definition) is 5. The van der Waals surface area contributed by atoms with Gasteiger partial charge in [0, 0.05) is 23.9 Å². The van der Waals surface area contributed by atoms with Crippen molar-refractivity contribution < 1.29 is 9.90 Å². The largest absolute Gasteiger partial charge is 0.392 e. The molecule has 6 heteroatoms. The molecular formula is C17H15N3O2S. The predicted molar refractivity (Wildman–Crippen MR) is 90.1 cm³/mol. The fraction of sp³-hybridized carbons (Fsp3) is 0.235. The fourth-order valence-corrected chi connectivity index (χ4v) is 3.43. The van der Waals surface area contributed by atoms with Crippen LogP contribution in [0.2, 0.25) is 0 Å². The van der Waals surface area contributed by atoms with Crippen LogP contribution in [-0.2, 0) is 11.4 Å². The van der Waals surface area contributed by atoms with Gasteiger partial charge in [-0.1, -0.05) is 17.4 Å². The summed E-state index contributed by atoms with van der Waals surface area (Å²) >= 11 is 1.47. The van der Waals surface area contributed by atoms with E-state index in [1.54, 1.807) is 12.4 Å². The van der Waals surface area contributed by atoms with Gasteiger partial charge in [-0.05, 0) is 42.2 Å². The van der Waals surface area contributed by atoms with Gasteiger partial charge in [0.1, 0.15) is 0 Å². The zero-order valence-electron chi connectivity index (χ0n) is 12.3. The molecule has 0 spiro atoms. The van der Waals surface area contributed by atoms with Gasteiger partial charge in [0.15, 0.2) is 5.13 Å². The Labute approximate surface area is 137 Å². The number of benzene rings is 1. The van der Waals surface area contributed by atoms with Crippen LogP contribution < -0.4 is 5.32 Å². The van der Waals surface area contributed by atoms with Crippen LogP contribution in [-0.4, -0.2) is 21.0 Å². The fourth-order valence-electron chi connectivity index (χ4n) is 2.52. The summed E-state index contributed by atoms with van der Waals surface area (Å²) < 4.78 is 1.00. The molecule has 1 aromatic carbocycles. The summed E-state index contributed by atoms with van der Waals surface area (Å²) in [5.74, 6) is 0.235. The van der Waals surface area contributed by atoms with E-state index in [0.717, 1.165) is 39.7 Å². The summed E-state index contributed by atoms with van der Waals surface area (Å²) in [6, 6.07) is 7.73. The summed E-state index contributed by atoms with van der Waals surface area (Å²) in [5.41, 5.74) is 3.60. The van der Waals surface area contributed by atoms with Crippen molar-refractivity contribution in [3.8, 4) is 11.1 Å². The average molecular weight is 325 g/mol. The minimum atomic E-state index is -0.0265. The molecule has 3 aromatic rings. The van der Waals surface area contributed by atoms with Crippen molar-refractivity contribution in [2.24, 2.45) is 5.92 Å². The Bertz CT molecular complexity index is 886. The SMILES string of the molecule is O=C(Nc1nc2ccc(-c3cnccc3CO)cc2s1)C1CC1. The molecule has 0 radical (unpaired) electrons. The first-order chi connectivity index (χ1) is 11.2. The van der Waals surface area contributed by atoms with E-state index in [0.29, 0.717) is 5.13 Å². The Hall–Kier alpha value is -2.31. The number of aliphatic hydroxyl groups excluding tert-OH is 1. The van der Waals surface area contributed by atoms with E-state index >= 15 is 0 Å². The lowest BCUT2D eigenvalue weighted by Crippen LogP contribution is -2.12. The third-order valence-electron chi connectivity index (χ3n) is 3.96. The highest BCUT2D eigenvalue weighted by molar-refractivity contribution is 7.22. The molecule has 1 fully saturated rings. The van der Waals surface area contributed by atoms with Crippen LogP contribution in [0.5, 0.6) is 0 Å². The van der Waals surface area contributed by atoms with Crippen LogP contribution in [0.15, 0.2) is 36.7 Å². The average Bonchev–Trinajstić information content (AvgIpc) is 3.35. The third kappa shape index (κ3) is 2.83. The van der Waals surface area contributed by atoms with E-state index in [1.807, 2.05) is 24.3 Å². The molecule has 0 unspecified atom stereocenters. The van der Waals surface area contributed by atoms with Crippen LogP contribution >= 0.6 is 11.3 Å². The molecule has 0 saturated heterocycles. The number of carbonyl (C=O) groups excluding carboxylic acids is 1. The number of rotatable bonds is 4. The van der Waals surface area contributed by atoms with Crippen LogP contribution in [0.25, 0.3) is 21.3 Å². The maximum absolute atomic E-state index is 11.8. The summed E-state index contributed by atoms with van der Waals surface area (Å²) in [6.07, 6.45) is 5.38. The Kier molecular flexibility index (Phi) is 3.55. The van der Waals surface area contributed by atoms with Crippen molar-refractivity contribution in [2.75, 3.05) is 5.32 Å². The lowest BCUT2D eigenvalue weighted by atomic mass is 10.0. The van der Waals surface area contributed by atoms with Gasteiger partial charge in [-0.25, -0.2) is 4.98 Å². The van der Waals surface area contributed by atoms with Gasteiger partial charge in [0.2, 0.25) is 5.91 Å². The van der Waals surface area contributed by atoms with E-state index in [-0.39, 0.29) is 18.4 Å². The summed E-state index contributed by atoms with van der Waals surface area (Å²) in [6.45, 7) is -0.0265. The lowest BCUT2D eigenvalue weighted by Gasteiger charge is -2.06. The first-order valence-electron chi connectivity index (χ1n) is 7.50. The molecule has 0 atom stereocenters. The maximum atomic E-state index is 11.8. The van der Waals surface area contributed by atoms with Gasteiger partial charge in [-0.3, -0.25) is 9.78 Å². The van der Waals surface area contributed by atoms with Gasteiger partial charge in [0.25, 0.3) is 0 Å². The molecule has 0 bridgehead atoms. The highest BCUT2D eigenvalue weighted by atomic mass is 32.1. The molecule has 2 heterocycles. The molecule has 1 saturated carbocycles. The monoisotopic (exact) mass is 325 g/mol.